The third kappa shape index (κ3) is 5.36. The number of nitrogens with one attached hydrogen (secondary N) is 2. The molecule has 2 aromatic rings. The van der Waals surface area contributed by atoms with Crippen LogP contribution in [0.1, 0.15) is 32.3 Å². The number of amidine groups is 1. The summed E-state index contributed by atoms with van der Waals surface area (Å²) in [5.41, 5.74) is 2.30. The van der Waals surface area contributed by atoms with E-state index in [9.17, 15) is 13.2 Å². The van der Waals surface area contributed by atoms with Crippen LogP contribution in [0.25, 0.3) is 0 Å². The first-order valence-corrected chi connectivity index (χ1v) is 13.9. The summed E-state index contributed by atoms with van der Waals surface area (Å²) in [6.45, 7) is 9.12. The molecule has 1 atom stereocenters. The Hall–Kier alpha value is -2.91. The summed E-state index contributed by atoms with van der Waals surface area (Å²) >= 11 is 0. The maximum atomic E-state index is 13.2. The molecule has 2 heterocycles. The molecule has 2 fully saturated rings. The minimum absolute atomic E-state index is 0.123. The number of rotatable bonds is 7. The van der Waals surface area contributed by atoms with Crippen molar-refractivity contribution in [1.82, 2.24) is 9.62 Å². The van der Waals surface area contributed by atoms with E-state index >= 15 is 0 Å². The van der Waals surface area contributed by atoms with Gasteiger partial charge in [0.05, 0.1) is 4.90 Å². The first-order valence-electron chi connectivity index (χ1n) is 12.4. The Morgan fingerprint density at radius 2 is 1.83 bits per heavy atom. The largest absolute Gasteiger partial charge is 0.369 e. The molecule has 2 aliphatic heterocycles. The average molecular weight is 496 g/mol. The van der Waals surface area contributed by atoms with Crippen molar-refractivity contribution in [3.05, 3.63) is 54.1 Å². The fourth-order valence-corrected chi connectivity index (χ4v) is 5.97. The van der Waals surface area contributed by atoms with Gasteiger partial charge >= 0.3 is 0 Å². The number of sulfonamides is 1. The number of amides is 1. The lowest BCUT2D eigenvalue weighted by atomic mass is 10.0. The normalized spacial score (nSPS) is 21.6. The van der Waals surface area contributed by atoms with E-state index in [-0.39, 0.29) is 22.6 Å². The van der Waals surface area contributed by atoms with Gasteiger partial charge in [0.15, 0.2) is 0 Å². The lowest BCUT2D eigenvalue weighted by molar-refractivity contribution is -0.118. The molecule has 8 nitrogen and oxygen atoms in total. The molecule has 1 aliphatic carbocycles. The maximum absolute atomic E-state index is 13.2. The van der Waals surface area contributed by atoms with E-state index in [1.54, 1.807) is 24.3 Å². The summed E-state index contributed by atoms with van der Waals surface area (Å²) < 4.78 is 27.4. The summed E-state index contributed by atoms with van der Waals surface area (Å²) in [5, 5.41) is 3.00. The van der Waals surface area contributed by atoms with Gasteiger partial charge in [0.25, 0.3) is 10.0 Å². The zero-order chi connectivity index (χ0) is 24.6. The van der Waals surface area contributed by atoms with Crippen LogP contribution in [0.15, 0.2) is 58.4 Å². The number of anilines is 2. The number of benzene rings is 2. The van der Waals surface area contributed by atoms with Crippen LogP contribution in [0, 0.1) is 11.8 Å². The number of fused-ring (bicyclic) bond motifs is 1. The van der Waals surface area contributed by atoms with Crippen molar-refractivity contribution >= 4 is 33.1 Å². The van der Waals surface area contributed by atoms with Crippen LogP contribution < -0.4 is 14.9 Å². The second-order valence-electron chi connectivity index (χ2n) is 10.0. The highest BCUT2D eigenvalue weighted by atomic mass is 32.2. The Labute approximate surface area is 207 Å². The molecule has 2 aromatic carbocycles. The van der Waals surface area contributed by atoms with Crippen LogP contribution in [0.3, 0.4) is 0 Å². The number of hydrogen-bond acceptors (Lipinski definition) is 6. The van der Waals surface area contributed by atoms with Crippen molar-refractivity contribution in [3.63, 3.8) is 0 Å². The van der Waals surface area contributed by atoms with Crippen molar-refractivity contribution < 1.29 is 13.2 Å². The van der Waals surface area contributed by atoms with E-state index in [0.717, 1.165) is 37.8 Å². The first-order chi connectivity index (χ1) is 16.8. The van der Waals surface area contributed by atoms with Gasteiger partial charge in [-0.15, -0.1) is 0 Å². The van der Waals surface area contributed by atoms with Crippen molar-refractivity contribution in [2.24, 2.45) is 16.8 Å². The van der Waals surface area contributed by atoms with Gasteiger partial charge in [-0.2, -0.15) is 0 Å². The van der Waals surface area contributed by atoms with Crippen molar-refractivity contribution in [3.8, 4) is 0 Å². The summed E-state index contributed by atoms with van der Waals surface area (Å²) in [5.74, 6) is 0.739. The summed E-state index contributed by atoms with van der Waals surface area (Å²) in [6, 6.07) is 13.9. The Balaban J connectivity index is 1.28. The van der Waals surface area contributed by atoms with E-state index in [0.29, 0.717) is 11.3 Å². The topological polar surface area (TPSA) is 94.1 Å². The average Bonchev–Trinajstić information content (AvgIpc) is 3.61. The lowest BCUT2D eigenvalue weighted by Gasteiger charge is -2.36. The van der Waals surface area contributed by atoms with Crippen LogP contribution in [0.2, 0.25) is 0 Å². The Kier molecular flexibility index (Phi) is 6.55. The quantitative estimate of drug-likeness (QED) is 0.616. The minimum atomic E-state index is -3.66. The predicted molar refractivity (Wildman–Crippen MR) is 138 cm³/mol. The van der Waals surface area contributed by atoms with Crippen molar-refractivity contribution in [2.75, 3.05) is 42.9 Å². The molecule has 0 unspecified atom stereocenters. The van der Waals surface area contributed by atoms with Crippen LogP contribution in [0.4, 0.5) is 11.4 Å². The number of carbonyl (C=O) groups is 1. The Morgan fingerprint density at radius 1 is 1.09 bits per heavy atom. The summed E-state index contributed by atoms with van der Waals surface area (Å²) in [6.07, 6.45) is 2.76. The predicted octanol–water partition coefficient (Wildman–Crippen LogP) is 2.92. The van der Waals surface area contributed by atoms with Gasteiger partial charge in [-0.3, -0.25) is 19.4 Å². The standard InChI is InChI=1S/C26H33N5O3S/c1-18(2)24(28-25-22-8-3-4-9-23(22)35(33,34)29-25)26(32)27-20-6-5-7-21(16-20)31-14-12-30(13-15-31)17-19-10-11-19/h3-9,16,18-19,24H,10-15,17H2,1-2H3,(H,27,32)(H,28,29)/t24-/m0/s1. The molecule has 3 aliphatic rings. The highest BCUT2D eigenvalue weighted by Gasteiger charge is 2.33. The molecule has 9 heteroatoms. The van der Waals surface area contributed by atoms with E-state index in [1.807, 2.05) is 32.0 Å². The number of piperazine rings is 1. The zero-order valence-corrected chi connectivity index (χ0v) is 21.1. The molecule has 1 amide bonds. The summed E-state index contributed by atoms with van der Waals surface area (Å²) in [4.78, 5) is 22.9. The fourth-order valence-electron chi connectivity index (χ4n) is 4.73. The van der Waals surface area contributed by atoms with Crippen LogP contribution in [0.5, 0.6) is 0 Å². The third-order valence-corrected chi connectivity index (χ3v) is 8.29. The number of hydrogen-bond donors (Lipinski definition) is 2. The van der Waals surface area contributed by atoms with Gasteiger partial charge in [0.1, 0.15) is 11.9 Å². The molecular weight excluding hydrogens is 462 g/mol. The number of nitrogens with zero attached hydrogens (tertiary/aromatic N) is 3. The summed E-state index contributed by atoms with van der Waals surface area (Å²) in [7, 11) is -3.66. The molecule has 35 heavy (non-hydrogen) atoms. The van der Waals surface area contributed by atoms with Crippen molar-refractivity contribution in [1.29, 1.82) is 0 Å². The molecule has 0 radical (unpaired) electrons. The molecule has 0 bridgehead atoms. The van der Waals surface area contributed by atoms with Crippen LogP contribution in [-0.2, 0) is 14.8 Å². The van der Waals surface area contributed by atoms with Gasteiger partial charge in [-0.05, 0) is 55.0 Å². The number of aliphatic imine (C=N–C) groups is 1. The lowest BCUT2D eigenvalue weighted by Crippen LogP contribution is -2.47. The molecule has 0 aromatic heterocycles. The molecule has 186 valence electrons. The van der Waals surface area contributed by atoms with Crippen molar-refractivity contribution in [2.45, 2.75) is 37.6 Å². The third-order valence-electron chi connectivity index (χ3n) is 6.90. The molecule has 2 N–H and O–H groups in total. The minimum Gasteiger partial charge on any atom is -0.369 e. The van der Waals surface area contributed by atoms with E-state index < -0.39 is 16.1 Å². The zero-order valence-electron chi connectivity index (χ0n) is 20.3. The molecular formula is C26H33N5O3S. The molecule has 1 saturated carbocycles. The first kappa shape index (κ1) is 23.8. The van der Waals surface area contributed by atoms with Gasteiger partial charge in [0, 0.05) is 49.7 Å². The Morgan fingerprint density at radius 3 is 2.54 bits per heavy atom. The van der Waals surface area contributed by atoms with Gasteiger partial charge in [-0.25, -0.2) is 8.42 Å². The van der Waals surface area contributed by atoms with E-state index in [1.165, 1.54) is 19.4 Å². The molecule has 5 rings (SSSR count). The van der Waals surface area contributed by atoms with Crippen LogP contribution in [-0.4, -0.2) is 63.8 Å². The van der Waals surface area contributed by atoms with E-state index in [2.05, 4.69) is 30.9 Å². The number of carbonyl (C=O) groups excluding carboxylic acids is 1. The van der Waals surface area contributed by atoms with Gasteiger partial charge in [-0.1, -0.05) is 32.0 Å². The smallest absolute Gasteiger partial charge is 0.263 e. The molecule has 0 spiro atoms. The molecule has 1 saturated heterocycles. The second-order valence-corrected chi connectivity index (χ2v) is 11.7. The SMILES string of the molecule is CC(C)[C@H](N=C1NS(=O)(=O)c2ccccc21)C(=O)Nc1cccc(N2CCN(CC3CC3)CC2)c1. The van der Waals surface area contributed by atoms with Gasteiger partial charge < -0.3 is 10.2 Å². The highest BCUT2D eigenvalue weighted by Crippen LogP contribution is 2.30. The Bertz CT molecular complexity index is 1230. The second kappa shape index (κ2) is 9.62. The van der Waals surface area contributed by atoms with Gasteiger partial charge in [0.2, 0.25) is 5.91 Å². The fraction of sp³-hybridized carbons (Fsp3) is 0.462. The monoisotopic (exact) mass is 495 g/mol. The maximum Gasteiger partial charge on any atom is 0.263 e. The van der Waals surface area contributed by atoms with Crippen LogP contribution >= 0.6 is 0 Å². The van der Waals surface area contributed by atoms with E-state index in [4.69, 9.17) is 0 Å². The highest BCUT2D eigenvalue weighted by molar-refractivity contribution is 7.90.